The molecule has 0 aliphatic carbocycles. The molecule has 20 heavy (non-hydrogen) atoms. The normalized spacial score (nSPS) is 10.5. The average Bonchev–Trinajstić information content (AvgIpc) is 2.92. The van der Waals surface area contributed by atoms with Crippen LogP contribution in [0.1, 0.15) is 15.9 Å². The number of ether oxygens (including phenoxy) is 1. The van der Waals surface area contributed by atoms with Gasteiger partial charge in [-0.1, -0.05) is 23.9 Å². The number of carbonyl (C=O) groups is 1. The van der Waals surface area contributed by atoms with Crippen molar-refractivity contribution in [2.75, 3.05) is 13.7 Å². The maximum Gasteiger partial charge on any atom is 0.337 e. The molecule has 0 atom stereocenters. The standard InChI is InChI=1S/C12H15N5O2S/c1-19-11(18)10-4-2-3-9(7-10)8-20-12-14-15-16-17(12)6-5-13/h2-4,7H,5-6,8,13H2,1H3. The highest BCUT2D eigenvalue weighted by atomic mass is 32.2. The zero-order valence-corrected chi connectivity index (χ0v) is 11.8. The highest BCUT2D eigenvalue weighted by Crippen LogP contribution is 2.20. The topological polar surface area (TPSA) is 95.9 Å². The van der Waals surface area contributed by atoms with Gasteiger partial charge in [-0.15, -0.1) is 5.10 Å². The van der Waals surface area contributed by atoms with Crippen LogP contribution < -0.4 is 5.73 Å². The lowest BCUT2D eigenvalue weighted by Crippen LogP contribution is -2.12. The Balaban J connectivity index is 2.03. The second kappa shape index (κ2) is 7.01. The van der Waals surface area contributed by atoms with Crippen molar-refractivity contribution in [3.63, 3.8) is 0 Å². The van der Waals surface area contributed by atoms with Gasteiger partial charge in [0.2, 0.25) is 5.16 Å². The van der Waals surface area contributed by atoms with E-state index in [4.69, 9.17) is 10.5 Å². The Bertz CT molecular complexity index is 587. The van der Waals surface area contributed by atoms with E-state index in [0.29, 0.717) is 29.6 Å². The zero-order valence-electron chi connectivity index (χ0n) is 11.0. The number of methoxy groups -OCH3 is 1. The van der Waals surface area contributed by atoms with E-state index in [1.807, 2.05) is 12.1 Å². The summed E-state index contributed by atoms with van der Waals surface area (Å²) in [6.45, 7) is 1.06. The molecule has 0 saturated carbocycles. The molecule has 7 nitrogen and oxygen atoms in total. The van der Waals surface area contributed by atoms with Gasteiger partial charge in [0.1, 0.15) is 0 Å². The number of tetrazole rings is 1. The summed E-state index contributed by atoms with van der Waals surface area (Å²) >= 11 is 1.49. The second-order valence-electron chi connectivity index (χ2n) is 3.95. The van der Waals surface area contributed by atoms with E-state index in [1.54, 1.807) is 16.8 Å². The fourth-order valence-corrected chi connectivity index (χ4v) is 2.46. The Morgan fingerprint density at radius 3 is 3.10 bits per heavy atom. The predicted octanol–water partition coefficient (Wildman–Crippen LogP) is 0.711. The Morgan fingerprint density at radius 2 is 2.35 bits per heavy atom. The third-order valence-corrected chi connectivity index (χ3v) is 3.58. The van der Waals surface area contributed by atoms with Crippen molar-refractivity contribution in [1.82, 2.24) is 20.2 Å². The molecule has 0 radical (unpaired) electrons. The quantitative estimate of drug-likeness (QED) is 0.619. The summed E-state index contributed by atoms with van der Waals surface area (Å²) in [5.74, 6) is 0.320. The number of aromatic nitrogens is 4. The molecule has 0 aliphatic heterocycles. The minimum atomic E-state index is -0.343. The molecule has 0 unspecified atom stereocenters. The first-order valence-corrected chi connectivity index (χ1v) is 6.99. The van der Waals surface area contributed by atoms with Crippen LogP contribution in [0.15, 0.2) is 29.4 Å². The number of rotatable bonds is 6. The molecule has 1 aromatic heterocycles. The number of benzene rings is 1. The van der Waals surface area contributed by atoms with Crippen LogP contribution in [0.4, 0.5) is 0 Å². The SMILES string of the molecule is COC(=O)c1cccc(CSc2nnnn2CCN)c1. The molecular formula is C12H15N5O2S. The van der Waals surface area contributed by atoms with Crippen molar-refractivity contribution in [1.29, 1.82) is 0 Å². The number of hydrogen-bond acceptors (Lipinski definition) is 7. The Kier molecular flexibility index (Phi) is 5.08. The van der Waals surface area contributed by atoms with Crippen molar-refractivity contribution in [2.24, 2.45) is 5.73 Å². The number of esters is 1. The molecule has 106 valence electrons. The lowest BCUT2D eigenvalue weighted by Gasteiger charge is -2.04. The first kappa shape index (κ1) is 14.5. The summed E-state index contributed by atoms with van der Waals surface area (Å²) in [6, 6.07) is 7.29. The summed E-state index contributed by atoms with van der Waals surface area (Å²) in [7, 11) is 1.37. The Morgan fingerprint density at radius 1 is 1.50 bits per heavy atom. The maximum absolute atomic E-state index is 11.5. The molecule has 2 rings (SSSR count). The van der Waals surface area contributed by atoms with Crippen LogP contribution in [0, 0.1) is 0 Å². The average molecular weight is 293 g/mol. The van der Waals surface area contributed by atoms with Crippen molar-refractivity contribution in [3.05, 3.63) is 35.4 Å². The molecule has 2 N–H and O–H groups in total. The van der Waals surface area contributed by atoms with Crippen molar-refractivity contribution >= 4 is 17.7 Å². The maximum atomic E-state index is 11.5. The van der Waals surface area contributed by atoms with Crippen LogP contribution in [0.5, 0.6) is 0 Å². The molecule has 1 aromatic carbocycles. The van der Waals surface area contributed by atoms with Gasteiger partial charge in [-0.2, -0.15) is 0 Å². The lowest BCUT2D eigenvalue weighted by atomic mass is 10.1. The summed E-state index contributed by atoms with van der Waals surface area (Å²) in [6.07, 6.45) is 0. The van der Waals surface area contributed by atoms with Gasteiger partial charge < -0.3 is 10.5 Å². The lowest BCUT2D eigenvalue weighted by molar-refractivity contribution is 0.0600. The summed E-state index contributed by atoms with van der Waals surface area (Å²) < 4.78 is 6.36. The molecule has 0 saturated heterocycles. The largest absolute Gasteiger partial charge is 0.465 e. The van der Waals surface area contributed by atoms with Gasteiger partial charge in [0, 0.05) is 12.3 Å². The smallest absolute Gasteiger partial charge is 0.337 e. The van der Waals surface area contributed by atoms with Crippen molar-refractivity contribution < 1.29 is 9.53 Å². The highest BCUT2D eigenvalue weighted by Gasteiger charge is 2.09. The van der Waals surface area contributed by atoms with Gasteiger partial charge in [0.15, 0.2) is 0 Å². The van der Waals surface area contributed by atoms with Crippen molar-refractivity contribution in [2.45, 2.75) is 17.5 Å². The fourth-order valence-electron chi connectivity index (χ4n) is 1.62. The minimum absolute atomic E-state index is 0.343. The van der Waals surface area contributed by atoms with Gasteiger partial charge in [-0.25, -0.2) is 9.48 Å². The molecule has 0 spiro atoms. The van der Waals surface area contributed by atoms with E-state index in [2.05, 4.69) is 15.5 Å². The van der Waals surface area contributed by atoms with Crippen molar-refractivity contribution in [3.8, 4) is 0 Å². The number of hydrogen-bond donors (Lipinski definition) is 1. The van der Waals surface area contributed by atoms with Crippen LogP contribution in [0.2, 0.25) is 0 Å². The molecular weight excluding hydrogens is 278 g/mol. The Hall–Kier alpha value is -1.93. The minimum Gasteiger partial charge on any atom is -0.465 e. The summed E-state index contributed by atoms with van der Waals surface area (Å²) in [4.78, 5) is 11.5. The fraction of sp³-hybridized carbons (Fsp3) is 0.333. The van der Waals surface area contributed by atoms with Gasteiger partial charge in [0.05, 0.1) is 19.2 Å². The zero-order chi connectivity index (χ0) is 14.4. The molecule has 0 amide bonds. The van der Waals surface area contributed by atoms with Crippen LogP contribution in [-0.2, 0) is 17.0 Å². The summed E-state index contributed by atoms with van der Waals surface area (Å²) in [5.41, 5.74) is 7.02. The molecule has 0 aliphatic rings. The molecule has 0 bridgehead atoms. The van der Waals surface area contributed by atoms with E-state index < -0.39 is 0 Å². The monoisotopic (exact) mass is 293 g/mol. The Labute approximate surface area is 120 Å². The third kappa shape index (κ3) is 3.55. The van der Waals surface area contributed by atoms with Gasteiger partial charge in [-0.05, 0) is 28.1 Å². The molecule has 8 heteroatoms. The van der Waals surface area contributed by atoms with Crippen LogP contribution in [0.25, 0.3) is 0 Å². The number of thioether (sulfide) groups is 1. The molecule has 2 aromatic rings. The van der Waals surface area contributed by atoms with Crippen LogP contribution >= 0.6 is 11.8 Å². The van der Waals surface area contributed by atoms with Gasteiger partial charge >= 0.3 is 5.97 Å². The first-order valence-electron chi connectivity index (χ1n) is 6.01. The first-order chi connectivity index (χ1) is 9.74. The molecule has 1 heterocycles. The number of nitrogens with zero attached hydrogens (tertiary/aromatic N) is 4. The molecule has 0 fully saturated rings. The van der Waals surface area contributed by atoms with E-state index >= 15 is 0 Å². The van der Waals surface area contributed by atoms with Gasteiger partial charge in [-0.3, -0.25) is 0 Å². The van der Waals surface area contributed by atoms with Gasteiger partial charge in [0.25, 0.3) is 0 Å². The van der Waals surface area contributed by atoms with E-state index in [-0.39, 0.29) is 5.97 Å². The van der Waals surface area contributed by atoms with E-state index in [0.717, 1.165) is 5.56 Å². The van der Waals surface area contributed by atoms with Crippen LogP contribution in [-0.4, -0.2) is 39.8 Å². The highest BCUT2D eigenvalue weighted by molar-refractivity contribution is 7.98. The third-order valence-electron chi connectivity index (χ3n) is 2.56. The number of carbonyl (C=O) groups excluding carboxylic acids is 1. The predicted molar refractivity (Wildman–Crippen MR) is 74.2 cm³/mol. The number of nitrogens with two attached hydrogens (primary N) is 1. The van der Waals surface area contributed by atoms with E-state index in [1.165, 1.54) is 18.9 Å². The van der Waals surface area contributed by atoms with E-state index in [9.17, 15) is 4.79 Å². The summed E-state index contributed by atoms with van der Waals surface area (Å²) in [5, 5.41) is 12.1. The van der Waals surface area contributed by atoms with Crippen LogP contribution in [0.3, 0.4) is 0 Å². The second-order valence-corrected chi connectivity index (χ2v) is 4.90.